The number of rotatable bonds is 5. The average Bonchev–Trinajstić information content (AvgIpc) is 2.25. The van der Waals surface area contributed by atoms with Crippen LogP contribution in [0.15, 0.2) is 24.3 Å². The van der Waals surface area contributed by atoms with Crippen LogP contribution in [0.1, 0.15) is 42.3 Å². The molecule has 1 saturated carbocycles. The number of nitrogens with two attached hydrogens (primary N) is 1. The van der Waals surface area contributed by atoms with Crippen molar-refractivity contribution >= 4 is 0 Å². The first-order valence-electron chi connectivity index (χ1n) is 5.90. The Hall–Kier alpha value is -0.900. The maximum absolute atomic E-state index is 5.59. The summed E-state index contributed by atoms with van der Waals surface area (Å²) in [6.07, 6.45) is 3.96. The van der Waals surface area contributed by atoms with Crippen molar-refractivity contribution < 1.29 is 4.74 Å². The molecular weight excluding hydrogens is 200 g/mol. The van der Waals surface area contributed by atoms with Crippen molar-refractivity contribution in [3.8, 4) is 0 Å². The molecule has 0 saturated heterocycles. The van der Waals surface area contributed by atoms with Gasteiger partial charge in [0.1, 0.15) is 0 Å². The van der Waals surface area contributed by atoms with Crippen molar-refractivity contribution in [3.63, 3.8) is 0 Å². The predicted octanol–water partition coefficient (Wildman–Crippen LogP) is 2.10. The number of hydrogen-bond acceptors (Lipinski definition) is 3. The van der Waals surface area contributed by atoms with Crippen molar-refractivity contribution in [3.05, 3.63) is 35.4 Å². The van der Waals surface area contributed by atoms with Crippen LogP contribution in [-0.4, -0.2) is 13.7 Å². The van der Waals surface area contributed by atoms with Gasteiger partial charge < -0.3 is 4.74 Å². The molecule has 1 aliphatic carbocycles. The van der Waals surface area contributed by atoms with E-state index in [1.54, 1.807) is 7.11 Å². The van der Waals surface area contributed by atoms with Gasteiger partial charge >= 0.3 is 0 Å². The summed E-state index contributed by atoms with van der Waals surface area (Å²) in [6, 6.07) is 8.65. The number of ether oxygens (including phenoxy) is 1. The molecule has 1 aromatic rings. The fourth-order valence-electron chi connectivity index (χ4n) is 2.31. The normalized spacial score (nSPS) is 18.1. The SMILES string of the molecule is COCC(NN)c1ccccc1C1CCC1. The highest BCUT2D eigenvalue weighted by Gasteiger charge is 2.24. The summed E-state index contributed by atoms with van der Waals surface area (Å²) < 4.78 is 5.19. The lowest BCUT2D eigenvalue weighted by Crippen LogP contribution is -2.32. The van der Waals surface area contributed by atoms with Crippen LogP contribution in [0.2, 0.25) is 0 Å². The first-order chi connectivity index (χ1) is 7.86. The first kappa shape index (κ1) is 11.6. The molecule has 3 N–H and O–H groups in total. The number of methoxy groups -OCH3 is 1. The largest absolute Gasteiger partial charge is 0.383 e. The molecule has 0 heterocycles. The van der Waals surface area contributed by atoms with Gasteiger partial charge in [0.25, 0.3) is 0 Å². The van der Waals surface area contributed by atoms with Crippen LogP contribution in [0.25, 0.3) is 0 Å². The van der Waals surface area contributed by atoms with E-state index in [1.807, 2.05) is 0 Å². The van der Waals surface area contributed by atoms with Gasteiger partial charge in [-0.25, -0.2) is 0 Å². The van der Waals surface area contributed by atoms with E-state index in [0.717, 1.165) is 5.92 Å². The molecule has 1 aliphatic rings. The number of benzene rings is 1. The predicted molar refractivity (Wildman–Crippen MR) is 65.0 cm³/mol. The summed E-state index contributed by atoms with van der Waals surface area (Å²) in [5.41, 5.74) is 5.56. The molecule has 16 heavy (non-hydrogen) atoms. The summed E-state index contributed by atoms with van der Waals surface area (Å²) >= 11 is 0. The van der Waals surface area contributed by atoms with Crippen LogP contribution < -0.4 is 11.3 Å². The molecule has 0 amide bonds. The zero-order valence-corrected chi connectivity index (χ0v) is 9.78. The quantitative estimate of drug-likeness (QED) is 0.590. The second-order valence-corrected chi connectivity index (χ2v) is 4.43. The Balaban J connectivity index is 2.23. The molecule has 0 radical (unpaired) electrons. The van der Waals surface area contributed by atoms with Crippen LogP contribution in [0, 0.1) is 0 Å². The van der Waals surface area contributed by atoms with Gasteiger partial charge in [0, 0.05) is 7.11 Å². The van der Waals surface area contributed by atoms with E-state index in [1.165, 1.54) is 30.4 Å². The minimum absolute atomic E-state index is 0.0989. The maximum atomic E-state index is 5.59. The molecule has 1 unspecified atom stereocenters. The number of nitrogens with one attached hydrogen (secondary N) is 1. The van der Waals surface area contributed by atoms with E-state index >= 15 is 0 Å². The molecule has 1 atom stereocenters. The second-order valence-electron chi connectivity index (χ2n) is 4.43. The summed E-state index contributed by atoms with van der Waals surface area (Å²) in [6.45, 7) is 0.611. The van der Waals surface area contributed by atoms with Gasteiger partial charge in [-0.1, -0.05) is 30.7 Å². The number of hydrazine groups is 1. The van der Waals surface area contributed by atoms with Crippen molar-refractivity contribution in [2.75, 3.05) is 13.7 Å². The lowest BCUT2D eigenvalue weighted by molar-refractivity contribution is 0.166. The van der Waals surface area contributed by atoms with Gasteiger partial charge in [-0.3, -0.25) is 11.3 Å². The minimum atomic E-state index is 0.0989. The van der Waals surface area contributed by atoms with Crippen molar-refractivity contribution in [2.45, 2.75) is 31.2 Å². The van der Waals surface area contributed by atoms with Crippen molar-refractivity contribution in [1.82, 2.24) is 5.43 Å². The molecule has 0 spiro atoms. The van der Waals surface area contributed by atoms with Crippen LogP contribution in [-0.2, 0) is 4.74 Å². The molecule has 3 nitrogen and oxygen atoms in total. The molecule has 3 heteroatoms. The Kier molecular flexibility index (Phi) is 3.93. The van der Waals surface area contributed by atoms with Crippen LogP contribution in [0.4, 0.5) is 0 Å². The molecule has 2 rings (SSSR count). The van der Waals surface area contributed by atoms with Gasteiger partial charge in [0.2, 0.25) is 0 Å². The highest BCUT2D eigenvalue weighted by atomic mass is 16.5. The van der Waals surface area contributed by atoms with Gasteiger partial charge in [0.05, 0.1) is 12.6 Å². The van der Waals surface area contributed by atoms with Gasteiger partial charge in [0.15, 0.2) is 0 Å². The van der Waals surface area contributed by atoms with E-state index in [0.29, 0.717) is 6.61 Å². The summed E-state index contributed by atoms with van der Waals surface area (Å²) in [5.74, 6) is 6.32. The summed E-state index contributed by atoms with van der Waals surface area (Å²) in [4.78, 5) is 0. The zero-order chi connectivity index (χ0) is 11.4. The molecule has 0 aliphatic heterocycles. The molecule has 1 aromatic carbocycles. The highest BCUT2D eigenvalue weighted by Crippen LogP contribution is 2.39. The van der Waals surface area contributed by atoms with Gasteiger partial charge in [-0.05, 0) is 29.9 Å². The smallest absolute Gasteiger partial charge is 0.0696 e. The topological polar surface area (TPSA) is 47.3 Å². The lowest BCUT2D eigenvalue weighted by Gasteiger charge is -2.30. The fraction of sp³-hybridized carbons (Fsp3) is 0.538. The van der Waals surface area contributed by atoms with Gasteiger partial charge in [-0.15, -0.1) is 0 Å². The Labute approximate surface area is 97.0 Å². The Morgan fingerprint density at radius 2 is 2.19 bits per heavy atom. The van der Waals surface area contributed by atoms with E-state index < -0.39 is 0 Å². The van der Waals surface area contributed by atoms with E-state index in [9.17, 15) is 0 Å². The third kappa shape index (κ3) is 2.26. The van der Waals surface area contributed by atoms with E-state index in [-0.39, 0.29) is 6.04 Å². The molecule has 88 valence electrons. The van der Waals surface area contributed by atoms with Crippen molar-refractivity contribution in [2.24, 2.45) is 5.84 Å². The summed E-state index contributed by atoms with van der Waals surface area (Å²) in [5, 5.41) is 0. The highest BCUT2D eigenvalue weighted by molar-refractivity contribution is 5.34. The minimum Gasteiger partial charge on any atom is -0.383 e. The third-order valence-electron chi connectivity index (χ3n) is 3.45. The molecule has 0 aromatic heterocycles. The fourth-order valence-corrected chi connectivity index (χ4v) is 2.31. The van der Waals surface area contributed by atoms with Crippen LogP contribution >= 0.6 is 0 Å². The maximum Gasteiger partial charge on any atom is 0.0696 e. The van der Waals surface area contributed by atoms with Crippen LogP contribution in [0.5, 0.6) is 0 Å². The molecule has 0 bridgehead atoms. The number of hydrogen-bond donors (Lipinski definition) is 2. The van der Waals surface area contributed by atoms with Gasteiger partial charge in [-0.2, -0.15) is 0 Å². The Bertz CT molecular complexity index is 336. The summed E-state index contributed by atoms with van der Waals surface area (Å²) in [7, 11) is 1.70. The Morgan fingerprint density at radius 1 is 1.44 bits per heavy atom. The third-order valence-corrected chi connectivity index (χ3v) is 3.45. The van der Waals surface area contributed by atoms with Crippen molar-refractivity contribution in [1.29, 1.82) is 0 Å². The van der Waals surface area contributed by atoms with Crippen LogP contribution in [0.3, 0.4) is 0 Å². The Morgan fingerprint density at radius 3 is 2.75 bits per heavy atom. The van der Waals surface area contributed by atoms with E-state index in [4.69, 9.17) is 10.6 Å². The van der Waals surface area contributed by atoms with E-state index in [2.05, 4.69) is 29.7 Å². The first-order valence-corrected chi connectivity index (χ1v) is 5.90. The molecule has 1 fully saturated rings. The monoisotopic (exact) mass is 220 g/mol. The standard InChI is InChI=1S/C13H20N2O/c1-16-9-13(15-14)12-8-3-2-7-11(12)10-5-4-6-10/h2-3,7-8,10,13,15H,4-6,9,14H2,1H3. The second kappa shape index (κ2) is 5.43. The molecular formula is C13H20N2O. The average molecular weight is 220 g/mol. The zero-order valence-electron chi connectivity index (χ0n) is 9.78. The lowest BCUT2D eigenvalue weighted by atomic mass is 9.77.